The number of unbranched alkanes of at least 4 members (excludes halogenated alkanes) is 38. The lowest BCUT2D eigenvalue weighted by atomic mass is 10.0. The van der Waals surface area contributed by atoms with Gasteiger partial charge in [-0.2, -0.15) is 0 Å². The Bertz CT molecular complexity index is 933. The molecule has 0 radical (unpaired) electrons. The standard InChI is InChI=1S/C56H108O6/c1-5-7-9-11-13-15-16-17-25-29-33-37-41-45-49-56(59)62-53(50-60-54(57)47-43-39-35-30-14-12-10-8-6-2)51-61-55(58)48-44-40-36-32-28-26-23-21-19-18-20-22-24-27-31-34-38-42-46-52(3)4/h52-53H,5-51H2,1-4H3/t53-/m0/s1. The summed E-state index contributed by atoms with van der Waals surface area (Å²) in [5.74, 6) is 0.0175. The van der Waals surface area contributed by atoms with Crippen LogP contribution in [-0.4, -0.2) is 37.2 Å². The van der Waals surface area contributed by atoms with E-state index in [0.29, 0.717) is 19.3 Å². The highest BCUT2D eigenvalue weighted by Crippen LogP contribution is 2.18. The van der Waals surface area contributed by atoms with Crippen molar-refractivity contribution >= 4 is 17.9 Å². The van der Waals surface area contributed by atoms with Crippen LogP contribution in [0.5, 0.6) is 0 Å². The van der Waals surface area contributed by atoms with Gasteiger partial charge in [-0.05, 0) is 25.2 Å². The fourth-order valence-electron chi connectivity index (χ4n) is 8.57. The van der Waals surface area contributed by atoms with Gasteiger partial charge in [0.2, 0.25) is 0 Å². The van der Waals surface area contributed by atoms with Crippen molar-refractivity contribution in [2.45, 2.75) is 323 Å². The van der Waals surface area contributed by atoms with E-state index in [4.69, 9.17) is 14.2 Å². The Morgan fingerprint density at radius 2 is 0.532 bits per heavy atom. The normalized spacial score (nSPS) is 12.0. The molecule has 1 atom stereocenters. The summed E-state index contributed by atoms with van der Waals surface area (Å²) in [6.45, 7) is 9.04. The number of esters is 3. The van der Waals surface area contributed by atoms with Gasteiger partial charge in [0.1, 0.15) is 13.2 Å². The van der Waals surface area contributed by atoms with E-state index in [0.717, 1.165) is 63.7 Å². The van der Waals surface area contributed by atoms with Crippen molar-refractivity contribution in [2.24, 2.45) is 5.92 Å². The molecule has 0 bridgehead atoms. The van der Waals surface area contributed by atoms with Gasteiger partial charge in [0, 0.05) is 19.3 Å². The van der Waals surface area contributed by atoms with Gasteiger partial charge in [-0.25, -0.2) is 0 Å². The zero-order valence-electron chi connectivity index (χ0n) is 42.3. The summed E-state index contributed by atoms with van der Waals surface area (Å²) in [7, 11) is 0. The van der Waals surface area contributed by atoms with Gasteiger partial charge in [-0.15, -0.1) is 0 Å². The van der Waals surface area contributed by atoms with Crippen molar-refractivity contribution < 1.29 is 28.6 Å². The van der Waals surface area contributed by atoms with Crippen LogP contribution in [0.2, 0.25) is 0 Å². The number of hydrogen-bond acceptors (Lipinski definition) is 6. The second kappa shape index (κ2) is 50.4. The molecule has 6 nitrogen and oxygen atoms in total. The zero-order chi connectivity index (χ0) is 45.2. The van der Waals surface area contributed by atoms with Crippen LogP contribution < -0.4 is 0 Å². The van der Waals surface area contributed by atoms with Gasteiger partial charge in [0.25, 0.3) is 0 Å². The zero-order valence-corrected chi connectivity index (χ0v) is 42.3. The van der Waals surface area contributed by atoms with Crippen LogP contribution >= 0.6 is 0 Å². The Labute approximate surface area is 387 Å². The summed E-state index contributed by atoms with van der Waals surface area (Å²) in [5, 5.41) is 0. The smallest absolute Gasteiger partial charge is 0.306 e. The third-order valence-corrected chi connectivity index (χ3v) is 12.8. The molecule has 0 aromatic heterocycles. The van der Waals surface area contributed by atoms with Gasteiger partial charge in [-0.3, -0.25) is 14.4 Å². The molecule has 62 heavy (non-hydrogen) atoms. The van der Waals surface area contributed by atoms with E-state index in [1.165, 1.54) is 212 Å². The molecule has 0 spiro atoms. The molecule has 0 N–H and O–H groups in total. The molecular weight excluding hydrogens is 769 g/mol. The average molecular weight is 877 g/mol. The van der Waals surface area contributed by atoms with E-state index in [1.54, 1.807) is 0 Å². The Morgan fingerprint density at radius 1 is 0.306 bits per heavy atom. The van der Waals surface area contributed by atoms with Crippen molar-refractivity contribution in [3.8, 4) is 0 Å². The van der Waals surface area contributed by atoms with Crippen molar-refractivity contribution in [2.75, 3.05) is 13.2 Å². The topological polar surface area (TPSA) is 78.9 Å². The second-order valence-electron chi connectivity index (χ2n) is 19.7. The number of carbonyl (C=O) groups is 3. The first-order valence-electron chi connectivity index (χ1n) is 27.9. The van der Waals surface area contributed by atoms with Gasteiger partial charge < -0.3 is 14.2 Å². The first-order valence-corrected chi connectivity index (χ1v) is 27.9. The van der Waals surface area contributed by atoms with Crippen LogP contribution in [0, 0.1) is 5.92 Å². The van der Waals surface area contributed by atoms with E-state index < -0.39 is 6.10 Å². The van der Waals surface area contributed by atoms with E-state index in [2.05, 4.69) is 27.7 Å². The van der Waals surface area contributed by atoms with Gasteiger partial charge in [0.05, 0.1) is 0 Å². The summed E-state index contributed by atoms with van der Waals surface area (Å²) >= 11 is 0. The average Bonchev–Trinajstić information content (AvgIpc) is 3.26. The Morgan fingerprint density at radius 3 is 0.790 bits per heavy atom. The molecule has 0 aliphatic heterocycles. The van der Waals surface area contributed by atoms with Crippen molar-refractivity contribution in [1.29, 1.82) is 0 Å². The van der Waals surface area contributed by atoms with Crippen molar-refractivity contribution in [3.05, 3.63) is 0 Å². The quantitative estimate of drug-likeness (QED) is 0.0344. The van der Waals surface area contributed by atoms with Gasteiger partial charge in [-0.1, -0.05) is 278 Å². The van der Waals surface area contributed by atoms with E-state index in [1.807, 2.05) is 0 Å². The molecule has 0 aliphatic carbocycles. The highest BCUT2D eigenvalue weighted by molar-refractivity contribution is 5.71. The summed E-state index contributed by atoms with van der Waals surface area (Å²) in [6.07, 6.45) is 53.8. The number of carbonyl (C=O) groups excluding carboxylic acids is 3. The number of hydrogen-bond donors (Lipinski definition) is 0. The second-order valence-corrected chi connectivity index (χ2v) is 19.7. The maximum absolute atomic E-state index is 12.8. The number of rotatable bonds is 51. The first kappa shape index (κ1) is 60.4. The highest BCUT2D eigenvalue weighted by Gasteiger charge is 2.19. The molecule has 6 heteroatoms. The lowest BCUT2D eigenvalue weighted by molar-refractivity contribution is -0.167. The summed E-state index contributed by atoms with van der Waals surface area (Å²) in [4.78, 5) is 37.9. The van der Waals surface area contributed by atoms with E-state index in [9.17, 15) is 14.4 Å². The van der Waals surface area contributed by atoms with Gasteiger partial charge in [0.15, 0.2) is 6.10 Å². The van der Waals surface area contributed by atoms with Crippen LogP contribution in [0.1, 0.15) is 317 Å². The van der Waals surface area contributed by atoms with E-state index >= 15 is 0 Å². The fourth-order valence-corrected chi connectivity index (χ4v) is 8.57. The molecule has 0 unspecified atom stereocenters. The highest BCUT2D eigenvalue weighted by atomic mass is 16.6. The third-order valence-electron chi connectivity index (χ3n) is 12.8. The molecule has 0 heterocycles. The van der Waals surface area contributed by atoms with Crippen LogP contribution in [-0.2, 0) is 28.6 Å². The Kier molecular flexibility index (Phi) is 49.1. The minimum atomic E-state index is -0.760. The minimum absolute atomic E-state index is 0.0622. The molecule has 0 rings (SSSR count). The maximum atomic E-state index is 12.8. The predicted molar refractivity (Wildman–Crippen MR) is 266 cm³/mol. The monoisotopic (exact) mass is 877 g/mol. The lowest BCUT2D eigenvalue weighted by Crippen LogP contribution is -2.30. The summed E-state index contributed by atoms with van der Waals surface area (Å²) in [5.41, 5.74) is 0. The third kappa shape index (κ3) is 49.4. The minimum Gasteiger partial charge on any atom is -0.462 e. The molecule has 0 amide bonds. The molecule has 0 aromatic rings. The predicted octanol–water partition coefficient (Wildman–Crippen LogP) is 18.2. The maximum Gasteiger partial charge on any atom is 0.306 e. The first-order chi connectivity index (χ1) is 30.4. The van der Waals surface area contributed by atoms with Crippen molar-refractivity contribution in [3.63, 3.8) is 0 Å². The fraction of sp³-hybridized carbons (Fsp3) is 0.946. The lowest BCUT2D eigenvalue weighted by Gasteiger charge is -2.18. The number of ether oxygens (including phenoxy) is 3. The molecule has 0 saturated carbocycles. The SMILES string of the molecule is CCCCCCCCCCCCCCCCC(=O)O[C@@H](COC(=O)CCCCCCCCCCC)COC(=O)CCCCCCCCCCCCCCCCCCCCC(C)C. The Hall–Kier alpha value is -1.59. The summed E-state index contributed by atoms with van der Waals surface area (Å²) < 4.78 is 16.8. The van der Waals surface area contributed by atoms with Crippen LogP contribution in [0.3, 0.4) is 0 Å². The molecule has 0 saturated heterocycles. The molecule has 0 fully saturated rings. The Balaban J connectivity index is 4.18. The van der Waals surface area contributed by atoms with Crippen LogP contribution in [0.25, 0.3) is 0 Å². The van der Waals surface area contributed by atoms with Crippen molar-refractivity contribution in [1.82, 2.24) is 0 Å². The summed E-state index contributed by atoms with van der Waals surface area (Å²) in [6, 6.07) is 0. The largest absolute Gasteiger partial charge is 0.462 e. The van der Waals surface area contributed by atoms with Crippen LogP contribution in [0.4, 0.5) is 0 Å². The molecule has 0 aromatic carbocycles. The molecule has 368 valence electrons. The molecular formula is C56H108O6. The van der Waals surface area contributed by atoms with Crippen LogP contribution in [0.15, 0.2) is 0 Å². The van der Waals surface area contributed by atoms with Gasteiger partial charge >= 0.3 is 17.9 Å². The van der Waals surface area contributed by atoms with E-state index in [-0.39, 0.29) is 31.1 Å². The molecule has 0 aliphatic rings.